The third kappa shape index (κ3) is 4.57. The van der Waals surface area contributed by atoms with Crippen molar-refractivity contribution in [2.24, 2.45) is 11.8 Å². The Morgan fingerprint density at radius 2 is 1.40 bits per heavy atom. The first-order valence-electron chi connectivity index (χ1n) is 11.0. The van der Waals surface area contributed by atoms with Crippen molar-refractivity contribution in [3.8, 4) is 11.5 Å². The van der Waals surface area contributed by atoms with Crippen molar-refractivity contribution in [3.05, 3.63) is 45.3 Å². The summed E-state index contributed by atoms with van der Waals surface area (Å²) in [5, 5.41) is 0. The van der Waals surface area contributed by atoms with Gasteiger partial charge in [0.25, 0.3) is 0 Å². The molecule has 3 aliphatic rings. The largest absolute Gasteiger partial charge is 0.453 e. The van der Waals surface area contributed by atoms with Crippen molar-refractivity contribution < 1.29 is 9.47 Å². The van der Waals surface area contributed by atoms with Gasteiger partial charge in [-0.1, -0.05) is 38.3 Å². The van der Waals surface area contributed by atoms with Crippen LogP contribution in [0, 0.1) is 11.8 Å². The van der Waals surface area contributed by atoms with E-state index in [9.17, 15) is 0 Å². The maximum absolute atomic E-state index is 6.19. The number of hydrogen-bond donors (Lipinski definition) is 0. The van der Waals surface area contributed by atoms with E-state index in [0.29, 0.717) is 0 Å². The second-order valence-corrected chi connectivity index (χ2v) is 10.6. The number of fused-ring (bicyclic) bond motifs is 4. The molecular formula is C24H28Br2N2O2. The van der Waals surface area contributed by atoms with Crippen LogP contribution in [0.2, 0.25) is 0 Å². The first kappa shape index (κ1) is 20.8. The Bertz CT molecular complexity index is 843. The number of likely N-dealkylation sites (tertiary alicyclic amines) is 1. The SMILES string of the molecule is Brc1ccc2c(c1)Oc1cc(Br)ccc1N2CCCCCN1CC2COCC(C2)C1. The van der Waals surface area contributed by atoms with Crippen molar-refractivity contribution in [2.75, 3.05) is 44.3 Å². The summed E-state index contributed by atoms with van der Waals surface area (Å²) in [6.07, 6.45) is 5.07. The van der Waals surface area contributed by atoms with Crippen LogP contribution in [0.5, 0.6) is 11.5 Å². The van der Waals surface area contributed by atoms with Gasteiger partial charge in [-0.15, -0.1) is 0 Å². The quantitative estimate of drug-likeness (QED) is 0.389. The van der Waals surface area contributed by atoms with E-state index in [1.54, 1.807) is 0 Å². The van der Waals surface area contributed by atoms with Crippen LogP contribution in [0.1, 0.15) is 25.7 Å². The second-order valence-electron chi connectivity index (χ2n) is 8.80. The smallest absolute Gasteiger partial charge is 0.152 e. The molecule has 2 atom stereocenters. The Morgan fingerprint density at radius 3 is 2.03 bits per heavy atom. The van der Waals surface area contributed by atoms with Gasteiger partial charge in [-0.25, -0.2) is 0 Å². The van der Waals surface area contributed by atoms with E-state index in [-0.39, 0.29) is 0 Å². The van der Waals surface area contributed by atoms with E-state index < -0.39 is 0 Å². The summed E-state index contributed by atoms with van der Waals surface area (Å²) in [5.74, 6) is 3.35. The molecule has 2 aromatic carbocycles. The number of unbranched alkanes of at least 4 members (excludes halogenated alkanes) is 2. The average Bonchev–Trinajstić information content (AvgIpc) is 2.72. The molecule has 0 spiro atoms. The number of nitrogens with zero attached hydrogens (tertiary/aromatic N) is 2. The van der Waals surface area contributed by atoms with Crippen molar-refractivity contribution in [1.82, 2.24) is 4.90 Å². The molecule has 2 unspecified atom stereocenters. The molecule has 2 aromatic rings. The number of hydrogen-bond acceptors (Lipinski definition) is 4. The van der Waals surface area contributed by atoms with Crippen molar-refractivity contribution >= 4 is 43.2 Å². The van der Waals surface area contributed by atoms with Gasteiger partial charge in [0.05, 0.1) is 24.6 Å². The molecule has 160 valence electrons. The van der Waals surface area contributed by atoms with Crippen molar-refractivity contribution in [2.45, 2.75) is 25.7 Å². The molecule has 4 nitrogen and oxygen atoms in total. The topological polar surface area (TPSA) is 24.9 Å². The van der Waals surface area contributed by atoms with Gasteiger partial charge in [-0.2, -0.15) is 0 Å². The lowest BCUT2D eigenvalue weighted by Crippen LogP contribution is -2.46. The summed E-state index contributed by atoms with van der Waals surface area (Å²) >= 11 is 7.15. The zero-order valence-electron chi connectivity index (χ0n) is 17.2. The molecule has 3 aliphatic heterocycles. The maximum atomic E-state index is 6.19. The molecule has 0 aliphatic carbocycles. The van der Waals surface area contributed by atoms with Gasteiger partial charge in [0, 0.05) is 28.6 Å². The van der Waals surface area contributed by atoms with Crippen LogP contribution in [-0.4, -0.2) is 44.3 Å². The van der Waals surface area contributed by atoms with E-state index in [4.69, 9.17) is 9.47 Å². The summed E-state index contributed by atoms with van der Waals surface area (Å²) < 4.78 is 14.0. The monoisotopic (exact) mass is 534 g/mol. The van der Waals surface area contributed by atoms with Gasteiger partial charge in [0.2, 0.25) is 0 Å². The summed E-state index contributed by atoms with van der Waals surface area (Å²) in [6.45, 7) is 6.62. The first-order valence-corrected chi connectivity index (χ1v) is 12.6. The highest BCUT2D eigenvalue weighted by atomic mass is 79.9. The third-order valence-corrected chi connectivity index (χ3v) is 7.39. The number of rotatable bonds is 6. The molecule has 30 heavy (non-hydrogen) atoms. The van der Waals surface area contributed by atoms with E-state index >= 15 is 0 Å². The predicted octanol–water partition coefficient (Wildman–Crippen LogP) is 6.59. The zero-order chi connectivity index (χ0) is 20.5. The minimum atomic E-state index is 0.762. The number of halogens is 2. The highest BCUT2D eigenvalue weighted by molar-refractivity contribution is 9.10. The lowest BCUT2D eigenvalue weighted by atomic mass is 9.88. The molecule has 2 fully saturated rings. The molecule has 6 heteroatoms. The van der Waals surface area contributed by atoms with E-state index in [2.05, 4.69) is 78.1 Å². The fraction of sp³-hybridized carbons (Fsp3) is 0.500. The van der Waals surface area contributed by atoms with Gasteiger partial charge >= 0.3 is 0 Å². The second kappa shape index (κ2) is 9.19. The van der Waals surface area contributed by atoms with Crippen molar-refractivity contribution in [3.63, 3.8) is 0 Å². The molecule has 0 amide bonds. The number of ether oxygens (including phenoxy) is 2. The Labute approximate surface area is 195 Å². The van der Waals surface area contributed by atoms with Crippen LogP contribution >= 0.6 is 31.9 Å². The molecule has 0 saturated carbocycles. The van der Waals surface area contributed by atoms with E-state index in [1.807, 2.05) is 0 Å². The Kier molecular flexibility index (Phi) is 6.37. The van der Waals surface area contributed by atoms with E-state index in [0.717, 1.165) is 63.4 Å². The minimum Gasteiger partial charge on any atom is -0.453 e. The third-order valence-electron chi connectivity index (χ3n) is 6.41. The number of anilines is 2. The van der Waals surface area contributed by atoms with Gasteiger partial charge in [0.1, 0.15) is 0 Å². The van der Waals surface area contributed by atoms with Crippen LogP contribution < -0.4 is 9.64 Å². The summed E-state index contributed by atoms with van der Waals surface area (Å²) in [7, 11) is 0. The lowest BCUT2D eigenvalue weighted by molar-refractivity contribution is -0.0405. The maximum Gasteiger partial charge on any atom is 0.152 e. The number of piperidine rings is 1. The minimum absolute atomic E-state index is 0.762. The summed E-state index contributed by atoms with van der Waals surface area (Å²) in [6, 6.07) is 12.6. The van der Waals surface area contributed by atoms with Crippen LogP contribution in [0.25, 0.3) is 0 Å². The number of benzene rings is 2. The van der Waals surface area contributed by atoms with Gasteiger partial charge in [-0.05, 0) is 74.0 Å². The van der Waals surface area contributed by atoms with Crippen molar-refractivity contribution in [1.29, 1.82) is 0 Å². The normalized spacial score (nSPS) is 22.9. The Balaban J connectivity index is 1.19. The molecular weight excluding hydrogens is 508 g/mol. The fourth-order valence-electron chi connectivity index (χ4n) is 5.11. The molecule has 0 aromatic heterocycles. The average molecular weight is 536 g/mol. The van der Waals surface area contributed by atoms with Crippen LogP contribution in [0.4, 0.5) is 11.4 Å². The standard InChI is InChI=1S/C24H28Br2N2O2/c25-19-4-6-21-23(11-19)30-24-12-20(26)5-7-22(24)28(21)9-3-1-2-8-27-13-17-10-18(14-27)16-29-15-17/h4-7,11-12,17-18H,1-3,8-10,13-16H2. The highest BCUT2D eigenvalue weighted by Crippen LogP contribution is 2.48. The van der Waals surface area contributed by atoms with Gasteiger partial charge < -0.3 is 19.3 Å². The lowest BCUT2D eigenvalue weighted by Gasteiger charge is -2.41. The van der Waals surface area contributed by atoms with E-state index in [1.165, 1.54) is 45.3 Å². The van der Waals surface area contributed by atoms with Crippen LogP contribution in [-0.2, 0) is 4.74 Å². The van der Waals surface area contributed by atoms with Gasteiger partial charge in [0.15, 0.2) is 11.5 Å². The summed E-state index contributed by atoms with van der Waals surface area (Å²) in [4.78, 5) is 5.09. The molecule has 0 radical (unpaired) electrons. The molecule has 0 N–H and O–H groups in total. The predicted molar refractivity (Wildman–Crippen MR) is 128 cm³/mol. The Morgan fingerprint density at radius 1 is 0.800 bits per heavy atom. The molecule has 3 heterocycles. The molecule has 2 bridgehead atoms. The Hall–Kier alpha value is -1.08. The molecule has 2 saturated heterocycles. The fourth-order valence-corrected chi connectivity index (χ4v) is 5.79. The first-order chi connectivity index (χ1) is 14.7. The summed E-state index contributed by atoms with van der Waals surface area (Å²) in [5.41, 5.74) is 2.30. The highest BCUT2D eigenvalue weighted by Gasteiger charge is 2.30. The van der Waals surface area contributed by atoms with Crippen LogP contribution in [0.15, 0.2) is 45.3 Å². The van der Waals surface area contributed by atoms with Crippen LogP contribution in [0.3, 0.4) is 0 Å². The zero-order valence-corrected chi connectivity index (χ0v) is 20.3. The molecule has 5 rings (SSSR count). The van der Waals surface area contributed by atoms with Gasteiger partial charge in [-0.3, -0.25) is 0 Å².